The predicted octanol–water partition coefficient (Wildman–Crippen LogP) is 2.22. The molecule has 6 heteroatoms. The summed E-state index contributed by atoms with van der Waals surface area (Å²) in [6.07, 6.45) is 1.79. The Balaban J connectivity index is 2.25. The molecule has 0 bridgehead atoms. The number of aromatic nitrogens is 3. The molecule has 3 aromatic rings. The minimum atomic E-state index is 0.321. The second kappa shape index (κ2) is 3.24. The van der Waals surface area contributed by atoms with Gasteiger partial charge in [-0.1, -0.05) is 0 Å². The third-order valence-electron chi connectivity index (χ3n) is 2.23. The minimum Gasteiger partial charge on any atom is -0.441 e. The Morgan fingerprint density at radius 2 is 2.12 bits per heavy atom. The lowest BCUT2D eigenvalue weighted by molar-refractivity contribution is 0.578. The molecule has 0 radical (unpaired) electrons. The third kappa shape index (κ3) is 1.33. The summed E-state index contributed by atoms with van der Waals surface area (Å²) in [5.74, 6) is 1.17. The van der Waals surface area contributed by atoms with E-state index in [1.165, 1.54) is 0 Å². The fraction of sp³-hybridized carbons (Fsp3) is 0. The molecule has 0 fully saturated rings. The van der Waals surface area contributed by atoms with E-state index in [1.807, 2.05) is 0 Å². The van der Waals surface area contributed by atoms with Gasteiger partial charge in [-0.05, 0) is 29.8 Å². The smallest absolute Gasteiger partial charge is 0.204 e. The summed E-state index contributed by atoms with van der Waals surface area (Å²) < 4.78 is 7.06. The molecule has 5 nitrogen and oxygen atoms in total. The first kappa shape index (κ1) is 9.23. The van der Waals surface area contributed by atoms with Crippen LogP contribution < -0.4 is 5.73 Å². The fourth-order valence-electron chi connectivity index (χ4n) is 1.51. The molecule has 3 heterocycles. The maximum Gasteiger partial charge on any atom is 0.204 e. The molecule has 0 amide bonds. The number of pyridine rings is 1. The van der Waals surface area contributed by atoms with Crippen molar-refractivity contribution in [1.29, 1.82) is 0 Å². The molecule has 0 aliphatic rings. The molecule has 0 aliphatic heterocycles. The molecule has 0 atom stereocenters. The third-order valence-corrected chi connectivity index (χ3v) is 2.43. The van der Waals surface area contributed by atoms with Crippen molar-refractivity contribution in [3.63, 3.8) is 0 Å². The van der Waals surface area contributed by atoms with Gasteiger partial charge in [-0.25, -0.2) is 0 Å². The van der Waals surface area contributed by atoms with Crippen LogP contribution >= 0.6 is 11.6 Å². The first-order valence-corrected chi connectivity index (χ1v) is 4.98. The van der Waals surface area contributed by atoms with Crippen LogP contribution in [0, 0.1) is 0 Å². The van der Waals surface area contributed by atoms with E-state index in [2.05, 4.69) is 10.2 Å². The lowest BCUT2D eigenvalue weighted by Crippen LogP contribution is -1.90. The van der Waals surface area contributed by atoms with E-state index in [1.54, 1.807) is 34.9 Å². The summed E-state index contributed by atoms with van der Waals surface area (Å²) in [5.41, 5.74) is 6.96. The van der Waals surface area contributed by atoms with Gasteiger partial charge in [0, 0.05) is 18.0 Å². The average Bonchev–Trinajstić information content (AvgIpc) is 2.83. The van der Waals surface area contributed by atoms with Gasteiger partial charge in [0.05, 0.1) is 0 Å². The van der Waals surface area contributed by atoms with E-state index in [4.69, 9.17) is 21.8 Å². The van der Waals surface area contributed by atoms with Crippen LogP contribution in [0.25, 0.3) is 17.2 Å². The molecule has 0 saturated heterocycles. The standard InChI is InChI=1S/C10H7ClN4O/c11-8-2-1-7(16-8)10-14-13-9-5-6(12)3-4-15(9)10/h1-5H,12H2. The fourth-order valence-corrected chi connectivity index (χ4v) is 1.66. The van der Waals surface area contributed by atoms with Crippen LogP contribution in [0.3, 0.4) is 0 Å². The maximum atomic E-state index is 5.71. The molecule has 3 aromatic heterocycles. The molecular formula is C10H7ClN4O. The number of hydrogen-bond donors (Lipinski definition) is 1. The van der Waals surface area contributed by atoms with Crippen LogP contribution in [0.1, 0.15) is 0 Å². The summed E-state index contributed by atoms with van der Waals surface area (Å²) in [6.45, 7) is 0. The second-order valence-corrected chi connectivity index (χ2v) is 3.69. The van der Waals surface area contributed by atoms with Gasteiger partial charge in [0.1, 0.15) is 0 Å². The summed E-state index contributed by atoms with van der Waals surface area (Å²) in [4.78, 5) is 0. The van der Waals surface area contributed by atoms with Gasteiger partial charge in [-0.3, -0.25) is 4.40 Å². The Hall–Kier alpha value is -2.01. The molecular weight excluding hydrogens is 228 g/mol. The van der Waals surface area contributed by atoms with Crippen molar-refractivity contribution in [1.82, 2.24) is 14.6 Å². The normalized spacial score (nSPS) is 11.1. The zero-order valence-electron chi connectivity index (χ0n) is 8.09. The Bertz CT molecular complexity index is 658. The topological polar surface area (TPSA) is 69.3 Å². The summed E-state index contributed by atoms with van der Waals surface area (Å²) in [6, 6.07) is 6.91. The van der Waals surface area contributed by atoms with Gasteiger partial charge in [0.2, 0.25) is 5.82 Å². The highest BCUT2D eigenvalue weighted by atomic mass is 35.5. The predicted molar refractivity (Wildman–Crippen MR) is 60.1 cm³/mol. The van der Waals surface area contributed by atoms with Crippen LogP contribution in [0.5, 0.6) is 0 Å². The average molecular weight is 235 g/mol. The number of nitrogens with two attached hydrogens (primary N) is 1. The van der Waals surface area contributed by atoms with Gasteiger partial charge >= 0.3 is 0 Å². The highest BCUT2D eigenvalue weighted by Gasteiger charge is 2.11. The molecule has 80 valence electrons. The maximum absolute atomic E-state index is 5.71. The Kier molecular flexibility index (Phi) is 1.87. The molecule has 0 unspecified atom stereocenters. The van der Waals surface area contributed by atoms with Gasteiger partial charge in [-0.15, -0.1) is 10.2 Å². The largest absolute Gasteiger partial charge is 0.441 e. The van der Waals surface area contributed by atoms with Crippen molar-refractivity contribution in [2.75, 3.05) is 5.73 Å². The summed E-state index contributed by atoms with van der Waals surface area (Å²) >= 11 is 5.71. The number of rotatable bonds is 1. The highest BCUT2D eigenvalue weighted by molar-refractivity contribution is 6.28. The van der Waals surface area contributed by atoms with Gasteiger partial charge in [0.15, 0.2) is 16.6 Å². The monoisotopic (exact) mass is 234 g/mol. The van der Waals surface area contributed by atoms with Crippen molar-refractivity contribution in [3.05, 3.63) is 35.7 Å². The van der Waals surface area contributed by atoms with Crippen LogP contribution in [-0.4, -0.2) is 14.6 Å². The lowest BCUT2D eigenvalue weighted by Gasteiger charge is -1.96. The number of nitrogen functional groups attached to an aromatic ring is 1. The second-order valence-electron chi connectivity index (χ2n) is 3.32. The minimum absolute atomic E-state index is 0.321. The zero-order chi connectivity index (χ0) is 11.1. The van der Waals surface area contributed by atoms with Crippen molar-refractivity contribution in [3.8, 4) is 11.6 Å². The number of nitrogens with zero attached hydrogens (tertiary/aromatic N) is 3. The Morgan fingerprint density at radius 1 is 1.25 bits per heavy atom. The molecule has 0 aromatic carbocycles. The van der Waals surface area contributed by atoms with Crippen LogP contribution in [-0.2, 0) is 0 Å². The van der Waals surface area contributed by atoms with E-state index in [0.29, 0.717) is 28.1 Å². The Labute approximate surface area is 95.5 Å². The van der Waals surface area contributed by atoms with E-state index in [0.717, 1.165) is 0 Å². The molecule has 16 heavy (non-hydrogen) atoms. The lowest BCUT2D eigenvalue weighted by atomic mass is 10.4. The van der Waals surface area contributed by atoms with E-state index in [9.17, 15) is 0 Å². The number of fused-ring (bicyclic) bond motifs is 1. The SMILES string of the molecule is Nc1ccn2c(-c3ccc(Cl)o3)nnc2c1. The zero-order valence-corrected chi connectivity index (χ0v) is 8.85. The molecule has 3 rings (SSSR count). The van der Waals surface area contributed by atoms with Crippen molar-refractivity contribution < 1.29 is 4.42 Å². The highest BCUT2D eigenvalue weighted by Crippen LogP contribution is 2.23. The number of halogens is 1. The molecule has 0 saturated carbocycles. The Morgan fingerprint density at radius 3 is 2.88 bits per heavy atom. The number of furan rings is 1. The first-order chi connectivity index (χ1) is 7.74. The van der Waals surface area contributed by atoms with Crippen molar-refractivity contribution >= 4 is 22.9 Å². The van der Waals surface area contributed by atoms with Crippen molar-refractivity contribution in [2.24, 2.45) is 0 Å². The number of anilines is 1. The quantitative estimate of drug-likeness (QED) is 0.701. The van der Waals surface area contributed by atoms with Crippen LogP contribution in [0.4, 0.5) is 5.69 Å². The van der Waals surface area contributed by atoms with Crippen LogP contribution in [0.15, 0.2) is 34.9 Å². The number of hydrogen-bond acceptors (Lipinski definition) is 4. The summed E-state index contributed by atoms with van der Waals surface area (Å²) in [5, 5.41) is 8.34. The van der Waals surface area contributed by atoms with E-state index < -0.39 is 0 Å². The van der Waals surface area contributed by atoms with Gasteiger partial charge in [-0.2, -0.15) is 0 Å². The van der Waals surface area contributed by atoms with Crippen LogP contribution in [0.2, 0.25) is 5.22 Å². The first-order valence-electron chi connectivity index (χ1n) is 4.60. The molecule has 0 spiro atoms. The van der Waals surface area contributed by atoms with Gasteiger partial charge in [0.25, 0.3) is 0 Å². The van der Waals surface area contributed by atoms with Crippen molar-refractivity contribution in [2.45, 2.75) is 0 Å². The van der Waals surface area contributed by atoms with Gasteiger partial charge < -0.3 is 10.2 Å². The molecule has 2 N–H and O–H groups in total. The molecule has 0 aliphatic carbocycles. The van der Waals surface area contributed by atoms with E-state index >= 15 is 0 Å². The summed E-state index contributed by atoms with van der Waals surface area (Å²) in [7, 11) is 0. The van der Waals surface area contributed by atoms with E-state index in [-0.39, 0.29) is 0 Å².